The van der Waals surface area contributed by atoms with E-state index >= 15 is 0 Å². The van der Waals surface area contributed by atoms with E-state index in [9.17, 15) is 14.4 Å². The van der Waals surface area contributed by atoms with Crippen LogP contribution in [0.2, 0.25) is 0 Å². The first-order chi connectivity index (χ1) is 14.1. The second-order valence-electron chi connectivity index (χ2n) is 8.12. The number of carbonyl (C=O) groups excluding carboxylic acids is 2. The lowest BCUT2D eigenvalue weighted by atomic mass is 9.96. The van der Waals surface area contributed by atoms with Gasteiger partial charge in [-0.15, -0.1) is 0 Å². The number of benzene rings is 1. The van der Waals surface area contributed by atoms with Crippen LogP contribution in [0.5, 0.6) is 0 Å². The van der Waals surface area contributed by atoms with E-state index in [4.69, 9.17) is 0 Å². The molecule has 3 N–H and O–H groups in total. The summed E-state index contributed by atoms with van der Waals surface area (Å²) < 4.78 is 0. The molecule has 4 rings (SSSR count). The van der Waals surface area contributed by atoms with Crippen molar-refractivity contribution in [3.05, 3.63) is 46.4 Å². The number of piperidine rings is 1. The second kappa shape index (κ2) is 8.68. The Morgan fingerprint density at radius 3 is 2.31 bits per heavy atom. The van der Waals surface area contributed by atoms with Gasteiger partial charge in [-0.1, -0.05) is 37.5 Å². The molecule has 0 radical (unpaired) electrons. The molecule has 0 bridgehead atoms. The van der Waals surface area contributed by atoms with Crippen LogP contribution in [0.1, 0.15) is 55.4 Å². The van der Waals surface area contributed by atoms with Gasteiger partial charge >= 0.3 is 6.03 Å². The fourth-order valence-electron chi connectivity index (χ4n) is 4.38. The SMILES string of the molecule is O=C(NC1CCCCC1)NC1CCN(C(=O)c2cc3ccccc3c(=O)[nH]2)CC1. The minimum atomic E-state index is -0.248. The highest BCUT2D eigenvalue weighted by Crippen LogP contribution is 2.18. The van der Waals surface area contributed by atoms with Crippen LogP contribution in [0.25, 0.3) is 10.8 Å². The Morgan fingerprint density at radius 2 is 1.59 bits per heavy atom. The van der Waals surface area contributed by atoms with Crippen LogP contribution in [0.4, 0.5) is 4.79 Å². The number of amides is 3. The second-order valence-corrected chi connectivity index (χ2v) is 8.12. The normalized spacial score (nSPS) is 18.6. The van der Waals surface area contributed by atoms with Crippen molar-refractivity contribution in [2.75, 3.05) is 13.1 Å². The van der Waals surface area contributed by atoms with E-state index in [0.717, 1.165) is 18.2 Å². The largest absolute Gasteiger partial charge is 0.337 e. The van der Waals surface area contributed by atoms with Crippen molar-refractivity contribution in [3.63, 3.8) is 0 Å². The molecule has 154 valence electrons. The number of nitrogens with zero attached hydrogens (tertiary/aromatic N) is 1. The van der Waals surface area contributed by atoms with Gasteiger partial charge in [-0.2, -0.15) is 0 Å². The van der Waals surface area contributed by atoms with Crippen LogP contribution in [0.15, 0.2) is 35.1 Å². The number of H-pyrrole nitrogens is 1. The number of hydrogen-bond acceptors (Lipinski definition) is 3. The van der Waals surface area contributed by atoms with Crippen LogP contribution in [-0.4, -0.2) is 47.0 Å². The van der Waals surface area contributed by atoms with Gasteiger partial charge in [-0.3, -0.25) is 9.59 Å². The summed E-state index contributed by atoms with van der Waals surface area (Å²) in [5.74, 6) is -0.169. The smallest absolute Gasteiger partial charge is 0.315 e. The molecule has 3 amide bonds. The lowest BCUT2D eigenvalue weighted by molar-refractivity contribution is 0.0702. The zero-order valence-electron chi connectivity index (χ0n) is 16.6. The molecule has 29 heavy (non-hydrogen) atoms. The van der Waals surface area contributed by atoms with Crippen molar-refractivity contribution in [3.8, 4) is 0 Å². The van der Waals surface area contributed by atoms with Crippen molar-refractivity contribution in [2.45, 2.75) is 57.0 Å². The van der Waals surface area contributed by atoms with E-state index in [0.29, 0.717) is 37.0 Å². The van der Waals surface area contributed by atoms with Gasteiger partial charge in [0.2, 0.25) is 0 Å². The Balaban J connectivity index is 1.31. The molecule has 1 aliphatic heterocycles. The Kier molecular flexibility index (Phi) is 5.83. The molecule has 2 heterocycles. The van der Waals surface area contributed by atoms with Crippen LogP contribution < -0.4 is 16.2 Å². The van der Waals surface area contributed by atoms with E-state index in [-0.39, 0.29) is 29.6 Å². The minimum Gasteiger partial charge on any atom is -0.337 e. The molecule has 7 nitrogen and oxygen atoms in total. The summed E-state index contributed by atoms with van der Waals surface area (Å²) in [4.78, 5) is 41.8. The highest BCUT2D eigenvalue weighted by Gasteiger charge is 2.26. The molecular formula is C22H28N4O3. The lowest BCUT2D eigenvalue weighted by Crippen LogP contribution is -2.51. The number of aromatic amines is 1. The third-order valence-corrected chi connectivity index (χ3v) is 6.04. The summed E-state index contributed by atoms with van der Waals surface area (Å²) in [6, 6.07) is 9.24. The fourth-order valence-corrected chi connectivity index (χ4v) is 4.38. The molecule has 1 saturated carbocycles. The standard InChI is InChI=1S/C22H28N4O3/c27-20-18-9-5-4-6-15(18)14-19(25-20)21(28)26-12-10-17(11-13-26)24-22(29)23-16-7-2-1-3-8-16/h4-6,9,14,16-17H,1-3,7-8,10-13H2,(H,25,27)(H2,23,24,29). The topological polar surface area (TPSA) is 94.3 Å². The fraction of sp³-hybridized carbons (Fsp3) is 0.500. The molecule has 1 aliphatic carbocycles. The number of nitrogens with one attached hydrogen (secondary N) is 3. The van der Waals surface area contributed by atoms with Crippen LogP contribution in [0.3, 0.4) is 0 Å². The summed E-state index contributed by atoms with van der Waals surface area (Å²) in [7, 11) is 0. The first kappa shape index (κ1) is 19.5. The molecule has 1 aromatic carbocycles. The molecule has 0 atom stereocenters. The van der Waals surface area contributed by atoms with E-state index in [1.807, 2.05) is 12.1 Å². The van der Waals surface area contributed by atoms with E-state index in [1.54, 1.807) is 23.1 Å². The highest BCUT2D eigenvalue weighted by atomic mass is 16.2. The zero-order valence-corrected chi connectivity index (χ0v) is 16.6. The van der Waals surface area contributed by atoms with Gasteiger partial charge in [0.25, 0.3) is 11.5 Å². The van der Waals surface area contributed by atoms with E-state index < -0.39 is 0 Å². The first-order valence-corrected chi connectivity index (χ1v) is 10.6. The monoisotopic (exact) mass is 396 g/mol. The summed E-state index contributed by atoms with van der Waals surface area (Å²) >= 11 is 0. The third-order valence-electron chi connectivity index (χ3n) is 6.04. The van der Waals surface area contributed by atoms with Crippen LogP contribution in [-0.2, 0) is 0 Å². The number of fused-ring (bicyclic) bond motifs is 1. The minimum absolute atomic E-state index is 0.0679. The summed E-state index contributed by atoms with van der Waals surface area (Å²) in [6.07, 6.45) is 7.16. The Hall–Kier alpha value is -2.83. The molecule has 2 fully saturated rings. The Morgan fingerprint density at radius 1 is 0.931 bits per heavy atom. The van der Waals surface area contributed by atoms with Gasteiger partial charge in [0.05, 0.1) is 0 Å². The first-order valence-electron chi connectivity index (χ1n) is 10.6. The average Bonchev–Trinajstić information content (AvgIpc) is 2.74. The predicted molar refractivity (Wildman–Crippen MR) is 112 cm³/mol. The van der Waals surface area contributed by atoms with E-state index in [1.165, 1.54) is 19.3 Å². The van der Waals surface area contributed by atoms with E-state index in [2.05, 4.69) is 15.6 Å². The molecule has 2 aromatic rings. The summed E-state index contributed by atoms with van der Waals surface area (Å²) in [5.41, 5.74) is 0.0672. The van der Waals surface area contributed by atoms with Crippen molar-refractivity contribution >= 4 is 22.7 Å². The van der Waals surface area contributed by atoms with Gasteiger partial charge in [-0.25, -0.2) is 4.79 Å². The quantitative estimate of drug-likeness (QED) is 0.745. The maximum atomic E-state index is 12.8. The molecule has 7 heteroatoms. The van der Waals surface area contributed by atoms with Gasteiger partial charge in [0, 0.05) is 30.6 Å². The number of carbonyl (C=O) groups is 2. The number of rotatable bonds is 3. The third kappa shape index (κ3) is 4.60. The maximum absolute atomic E-state index is 12.8. The molecule has 2 aliphatic rings. The molecular weight excluding hydrogens is 368 g/mol. The predicted octanol–water partition coefficient (Wildman–Crippen LogP) is 2.76. The zero-order chi connectivity index (χ0) is 20.2. The lowest BCUT2D eigenvalue weighted by Gasteiger charge is -2.33. The number of likely N-dealkylation sites (tertiary alicyclic amines) is 1. The molecule has 1 aromatic heterocycles. The van der Waals surface area contributed by atoms with Gasteiger partial charge in [-0.05, 0) is 43.2 Å². The number of hydrogen-bond donors (Lipinski definition) is 3. The van der Waals surface area contributed by atoms with Crippen LogP contribution in [0, 0.1) is 0 Å². The molecule has 1 saturated heterocycles. The van der Waals surface area contributed by atoms with Gasteiger partial charge in [0.1, 0.15) is 5.69 Å². The summed E-state index contributed by atoms with van der Waals surface area (Å²) in [6.45, 7) is 1.12. The van der Waals surface area contributed by atoms with Crippen molar-refractivity contribution in [2.24, 2.45) is 0 Å². The van der Waals surface area contributed by atoms with Crippen LogP contribution >= 0.6 is 0 Å². The van der Waals surface area contributed by atoms with Crippen molar-refractivity contribution < 1.29 is 9.59 Å². The average molecular weight is 396 g/mol. The van der Waals surface area contributed by atoms with Gasteiger partial charge in [0.15, 0.2) is 0 Å². The number of pyridine rings is 1. The number of urea groups is 1. The molecule has 0 unspecified atom stereocenters. The summed E-state index contributed by atoms with van der Waals surface area (Å²) in [5, 5.41) is 7.47. The van der Waals surface area contributed by atoms with Crippen molar-refractivity contribution in [1.82, 2.24) is 20.5 Å². The molecule has 0 spiro atoms. The highest BCUT2D eigenvalue weighted by molar-refractivity contribution is 5.96. The Bertz CT molecular complexity index is 940. The van der Waals surface area contributed by atoms with Gasteiger partial charge < -0.3 is 20.5 Å². The maximum Gasteiger partial charge on any atom is 0.315 e. The van der Waals surface area contributed by atoms with Crippen molar-refractivity contribution in [1.29, 1.82) is 0 Å². The Labute approximate surface area is 169 Å². The number of aromatic nitrogens is 1.